The first kappa shape index (κ1) is 17.0. The monoisotopic (exact) mass is 292 g/mol. The summed E-state index contributed by atoms with van der Waals surface area (Å²) in [7, 11) is 0. The van der Waals surface area contributed by atoms with Gasteiger partial charge >= 0.3 is 0 Å². The smallest absolute Gasteiger partial charge is 0.263 e. The minimum atomic E-state index is -0.382. The van der Waals surface area contributed by atoms with Gasteiger partial charge in [0.25, 0.3) is 5.91 Å². The summed E-state index contributed by atoms with van der Waals surface area (Å²) in [6.45, 7) is 7.76. The number of nitrogens with one attached hydrogen (secondary N) is 2. The van der Waals surface area contributed by atoms with Gasteiger partial charge in [0.05, 0.1) is 0 Å². The summed E-state index contributed by atoms with van der Waals surface area (Å²) in [4.78, 5) is 25.1. The number of carbonyl (C=O) groups is 2. The predicted octanol–water partition coefficient (Wildman–Crippen LogP) is 0.911. The Morgan fingerprint density at radius 3 is 2.71 bits per heavy atom. The maximum absolute atomic E-state index is 11.8. The van der Waals surface area contributed by atoms with Crippen molar-refractivity contribution in [1.82, 2.24) is 15.5 Å². The number of nitrogens with zero attached hydrogens (tertiary/aromatic N) is 2. The van der Waals surface area contributed by atoms with E-state index in [0.29, 0.717) is 13.0 Å². The third kappa shape index (κ3) is 6.30. The summed E-state index contributed by atoms with van der Waals surface area (Å²) >= 11 is 0. The van der Waals surface area contributed by atoms with E-state index in [1.165, 1.54) is 6.20 Å². The lowest BCUT2D eigenvalue weighted by atomic mass is 10.1. The molecule has 21 heavy (non-hydrogen) atoms. The molecule has 0 aromatic heterocycles. The van der Waals surface area contributed by atoms with Gasteiger partial charge in [-0.15, -0.1) is 0 Å². The zero-order chi connectivity index (χ0) is 15.9. The van der Waals surface area contributed by atoms with Gasteiger partial charge in [0.15, 0.2) is 0 Å². The number of rotatable bonds is 6. The van der Waals surface area contributed by atoms with Gasteiger partial charge in [-0.1, -0.05) is 0 Å². The predicted molar refractivity (Wildman–Crippen MR) is 80.0 cm³/mol. The minimum Gasteiger partial charge on any atom is -0.390 e. The summed E-state index contributed by atoms with van der Waals surface area (Å²) in [6.07, 6.45) is 3.82. The fourth-order valence-corrected chi connectivity index (χ4v) is 2.04. The van der Waals surface area contributed by atoms with Gasteiger partial charge in [-0.25, -0.2) is 0 Å². The van der Waals surface area contributed by atoms with Crippen molar-refractivity contribution in [3.63, 3.8) is 0 Å². The summed E-state index contributed by atoms with van der Waals surface area (Å²) in [5.41, 5.74) is -0.314. The minimum absolute atomic E-state index is 0.0576. The van der Waals surface area contributed by atoms with Crippen LogP contribution in [-0.4, -0.2) is 41.9 Å². The van der Waals surface area contributed by atoms with Crippen molar-refractivity contribution in [2.75, 3.05) is 19.6 Å². The van der Waals surface area contributed by atoms with Crippen LogP contribution < -0.4 is 10.6 Å². The molecule has 0 atom stereocenters. The highest BCUT2D eigenvalue weighted by Crippen LogP contribution is 2.09. The molecule has 6 nitrogen and oxygen atoms in total. The van der Waals surface area contributed by atoms with E-state index in [1.54, 1.807) is 0 Å². The van der Waals surface area contributed by atoms with E-state index < -0.39 is 0 Å². The molecule has 0 aromatic carbocycles. The van der Waals surface area contributed by atoms with E-state index in [2.05, 4.69) is 10.6 Å². The topological polar surface area (TPSA) is 85.2 Å². The molecular formula is C15H24N4O2. The Morgan fingerprint density at radius 1 is 1.48 bits per heavy atom. The van der Waals surface area contributed by atoms with Crippen molar-refractivity contribution in [2.45, 2.75) is 45.6 Å². The van der Waals surface area contributed by atoms with Gasteiger partial charge in [-0.3, -0.25) is 9.59 Å². The molecule has 0 aromatic rings. The molecule has 1 saturated heterocycles. The Labute approximate surface area is 126 Å². The van der Waals surface area contributed by atoms with E-state index >= 15 is 0 Å². The van der Waals surface area contributed by atoms with Crippen molar-refractivity contribution in [3.05, 3.63) is 11.8 Å². The molecule has 0 saturated carbocycles. The van der Waals surface area contributed by atoms with Crippen molar-refractivity contribution >= 4 is 11.8 Å². The van der Waals surface area contributed by atoms with Crippen molar-refractivity contribution in [1.29, 1.82) is 5.26 Å². The first-order valence-electron chi connectivity index (χ1n) is 7.27. The van der Waals surface area contributed by atoms with E-state index in [-0.39, 0.29) is 22.9 Å². The first-order chi connectivity index (χ1) is 9.83. The number of hydrogen-bond acceptors (Lipinski definition) is 4. The second kappa shape index (κ2) is 7.67. The van der Waals surface area contributed by atoms with Crippen LogP contribution in [0.25, 0.3) is 0 Å². The standard InChI is InChI=1S/C15H24N4O2/c1-15(2,3)18-14(21)12(10-16)11-17-7-5-9-19-8-4-6-13(19)20/h11,17H,4-9H2,1-3H3,(H,18,21)/b12-11-. The summed E-state index contributed by atoms with van der Waals surface area (Å²) in [6, 6.07) is 1.89. The molecule has 0 aliphatic carbocycles. The molecule has 1 rings (SSSR count). The molecule has 2 N–H and O–H groups in total. The van der Waals surface area contributed by atoms with Crippen molar-refractivity contribution < 1.29 is 9.59 Å². The van der Waals surface area contributed by atoms with Gasteiger partial charge < -0.3 is 15.5 Å². The molecule has 1 aliphatic rings. The van der Waals surface area contributed by atoms with Crippen LogP contribution in [-0.2, 0) is 9.59 Å². The Hall–Kier alpha value is -2.03. The Morgan fingerprint density at radius 2 is 2.19 bits per heavy atom. The molecule has 1 aliphatic heterocycles. The van der Waals surface area contributed by atoms with E-state index in [4.69, 9.17) is 5.26 Å². The zero-order valence-electron chi connectivity index (χ0n) is 13.0. The van der Waals surface area contributed by atoms with Gasteiger partial charge in [-0.05, 0) is 33.6 Å². The molecule has 0 radical (unpaired) electrons. The van der Waals surface area contributed by atoms with E-state index in [0.717, 1.165) is 25.9 Å². The normalized spacial score (nSPS) is 15.8. The van der Waals surface area contributed by atoms with Crippen LogP contribution in [0, 0.1) is 11.3 Å². The van der Waals surface area contributed by atoms with Gasteiger partial charge in [0, 0.05) is 37.8 Å². The van der Waals surface area contributed by atoms with Crippen LogP contribution in [0.15, 0.2) is 11.8 Å². The summed E-state index contributed by atoms with van der Waals surface area (Å²) < 4.78 is 0. The van der Waals surface area contributed by atoms with Gasteiger partial charge in [-0.2, -0.15) is 5.26 Å². The molecule has 2 amide bonds. The maximum atomic E-state index is 11.8. The van der Waals surface area contributed by atoms with Crippen LogP contribution in [0.2, 0.25) is 0 Å². The molecule has 0 unspecified atom stereocenters. The molecule has 1 fully saturated rings. The van der Waals surface area contributed by atoms with Gasteiger partial charge in [0.1, 0.15) is 11.6 Å². The molecule has 0 spiro atoms. The van der Waals surface area contributed by atoms with Crippen molar-refractivity contribution in [3.8, 4) is 6.07 Å². The van der Waals surface area contributed by atoms with Crippen LogP contribution in [0.4, 0.5) is 0 Å². The van der Waals surface area contributed by atoms with E-state index in [1.807, 2.05) is 31.7 Å². The van der Waals surface area contributed by atoms with Crippen LogP contribution >= 0.6 is 0 Å². The third-order valence-corrected chi connectivity index (χ3v) is 3.02. The highest BCUT2D eigenvalue weighted by Gasteiger charge is 2.19. The molecule has 1 heterocycles. The quantitative estimate of drug-likeness (QED) is 0.433. The average molecular weight is 292 g/mol. The van der Waals surface area contributed by atoms with E-state index in [9.17, 15) is 9.59 Å². The second-order valence-corrected chi connectivity index (χ2v) is 6.17. The molecule has 6 heteroatoms. The van der Waals surface area contributed by atoms with Crippen LogP contribution in [0.5, 0.6) is 0 Å². The highest BCUT2D eigenvalue weighted by atomic mass is 16.2. The summed E-state index contributed by atoms with van der Waals surface area (Å²) in [5.74, 6) is -0.167. The first-order valence-corrected chi connectivity index (χ1v) is 7.27. The lowest BCUT2D eigenvalue weighted by Gasteiger charge is -2.20. The Balaban J connectivity index is 2.31. The number of carbonyl (C=O) groups excluding carboxylic acids is 2. The molecule has 0 bridgehead atoms. The SMILES string of the molecule is CC(C)(C)NC(=O)/C(C#N)=C\NCCCN1CCCC1=O. The van der Waals surface area contributed by atoms with Gasteiger partial charge in [0.2, 0.25) is 5.91 Å². The Kier molecular flexibility index (Phi) is 6.22. The lowest BCUT2D eigenvalue weighted by molar-refractivity contribution is -0.127. The highest BCUT2D eigenvalue weighted by molar-refractivity contribution is 5.97. The number of amides is 2. The van der Waals surface area contributed by atoms with Crippen LogP contribution in [0.1, 0.15) is 40.0 Å². The Bertz CT molecular complexity index is 457. The molecule has 116 valence electrons. The maximum Gasteiger partial charge on any atom is 0.263 e. The summed E-state index contributed by atoms with van der Waals surface area (Å²) in [5, 5.41) is 14.7. The average Bonchev–Trinajstić information content (AvgIpc) is 2.77. The fourth-order valence-electron chi connectivity index (χ4n) is 2.04. The lowest BCUT2D eigenvalue weighted by Crippen LogP contribution is -2.41. The third-order valence-electron chi connectivity index (χ3n) is 3.02. The number of hydrogen-bond donors (Lipinski definition) is 2. The van der Waals surface area contributed by atoms with Crippen molar-refractivity contribution in [2.24, 2.45) is 0 Å². The molecular weight excluding hydrogens is 268 g/mol. The number of nitriles is 1. The van der Waals surface area contributed by atoms with Crippen LogP contribution in [0.3, 0.4) is 0 Å². The second-order valence-electron chi connectivity index (χ2n) is 6.17. The largest absolute Gasteiger partial charge is 0.390 e. The zero-order valence-corrected chi connectivity index (χ0v) is 13.0. The number of likely N-dealkylation sites (tertiary alicyclic amines) is 1. The fraction of sp³-hybridized carbons (Fsp3) is 0.667.